The highest BCUT2D eigenvalue weighted by Gasteiger charge is 2.38. The molecule has 1 aliphatic rings. The van der Waals surface area contributed by atoms with Crippen molar-refractivity contribution < 1.29 is 23.1 Å². The van der Waals surface area contributed by atoms with Crippen LogP contribution in [0.2, 0.25) is 0 Å². The molecular weight excluding hydrogens is 191 g/mol. The Morgan fingerprint density at radius 2 is 2.08 bits per heavy atom. The Morgan fingerprint density at radius 1 is 1.50 bits per heavy atom. The molecule has 2 nitrogen and oxygen atoms in total. The Morgan fingerprint density at radius 3 is 2.50 bits per heavy atom. The van der Waals surface area contributed by atoms with Crippen molar-refractivity contribution in [3.8, 4) is 0 Å². The summed E-state index contributed by atoms with van der Waals surface area (Å²) in [6, 6.07) is 0. The normalized spacial score (nSPS) is 18.8. The van der Waals surface area contributed by atoms with Crippen LogP contribution < -0.4 is 0 Å². The van der Waals surface area contributed by atoms with Gasteiger partial charge in [-0.05, 0) is 12.2 Å². The molecule has 0 fully saturated rings. The Kier molecular flexibility index (Phi) is 2.18. The summed E-state index contributed by atoms with van der Waals surface area (Å²) in [4.78, 5) is -0.148. The minimum Gasteiger partial charge on any atom is -0.284 e. The number of nitrogens with zero attached hydrogens (tertiary/aromatic N) is 1. The van der Waals surface area contributed by atoms with Gasteiger partial charge in [0.2, 0.25) is 6.21 Å². The zero-order valence-electron chi connectivity index (χ0n) is 5.80. The van der Waals surface area contributed by atoms with E-state index in [4.69, 9.17) is 5.21 Å². The van der Waals surface area contributed by atoms with Crippen LogP contribution in [-0.4, -0.2) is 27.3 Å². The highest BCUT2D eigenvalue weighted by Crippen LogP contribution is 2.29. The lowest BCUT2D eigenvalue weighted by molar-refractivity contribution is -0.684. The molecule has 0 aromatic rings. The van der Waals surface area contributed by atoms with Crippen LogP contribution in [0.5, 0.6) is 0 Å². The van der Waals surface area contributed by atoms with E-state index in [1.54, 1.807) is 0 Å². The van der Waals surface area contributed by atoms with Crippen molar-refractivity contribution in [3.05, 3.63) is 11.6 Å². The zero-order chi connectivity index (χ0) is 9.35. The van der Waals surface area contributed by atoms with Gasteiger partial charge in [-0.15, -0.1) is 0 Å². The van der Waals surface area contributed by atoms with Crippen LogP contribution in [0.1, 0.15) is 6.42 Å². The summed E-state index contributed by atoms with van der Waals surface area (Å²) in [5.41, 5.74) is -0.738. The van der Waals surface area contributed by atoms with E-state index >= 15 is 0 Å². The number of hydroxylamine groups is 1. The number of thiocarbonyl (C=S) groups is 1. The van der Waals surface area contributed by atoms with Gasteiger partial charge in [0.25, 0.3) is 0 Å². The van der Waals surface area contributed by atoms with E-state index in [1.165, 1.54) is 0 Å². The molecular formula is C6H5F3NOS+. The highest BCUT2D eigenvalue weighted by atomic mass is 32.1. The monoisotopic (exact) mass is 196 g/mol. The van der Waals surface area contributed by atoms with Crippen molar-refractivity contribution >= 4 is 23.4 Å². The molecule has 66 valence electrons. The van der Waals surface area contributed by atoms with Crippen LogP contribution in [0.15, 0.2) is 11.6 Å². The van der Waals surface area contributed by atoms with Gasteiger partial charge in [0, 0.05) is 10.8 Å². The lowest BCUT2D eigenvalue weighted by Crippen LogP contribution is -2.25. The van der Waals surface area contributed by atoms with Gasteiger partial charge in [0.05, 0.1) is 12.0 Å². The van der Waals surface area contributed by atoms with Crippen LogP contribution in [0, 0.1) is 0 Å². The summed E-state index contributed by atoms with van der Waals surface area (Å²) in [5, 5.41) is 8.79. The first-order valence-corrected chi connectivity index (χ1v) is 3.44. The van der Waals surface area contributed by atoms with E-state index in [1.807, 2.05) is 0 Å². The lowest BCUT2D eigenvalue weighted by atomic mass is 10.1. The number of alkyl halides is 3. The molecule has 1 aliphatic heterocycles. The summed E-state index contributed by atoms with van der Waals surface area (Å²) in [6.45, 7) is 0. The third-order valence-corrected chi connectivity index (χ3v) is 1.71. The van der Waals surface area contributed by atoms with E-state index in [-0.39, 0.29) is 4.99 Å². The fourth-order valence-electron chi connectivity index (χ4n) is 0.741. The minimum absolute atomic E-state index is 0.148. The maximum Gasteiger partial charge on any atom is 0.413 e. The van der Waals surface area contributed by atoms with Crippen LogP contribution in [-0.2, 0) is 0 Å². The molecule has 12 heavy (non-hydrogen) atoms. The topological polar surface area (TPSA) is 23.2 Å². The summed E-state index contributed by atoms with van der Waals surface area (Å²) in [7, 11) is 0. The van der Waals surface area contributed by atoms with E-state index < -0.39 is 18.2 Å². The van der Waals surface area contributed by atoms with E-state index in [9.17, 15) is 13.2 Å². The molecule has 0 saturated carbocycles. The Hall–Kier alpha value is -0.910. The quantitative estimate of drug-likeness (QED) is 0.362. The summed E-state index contributed by atoms with van der Waals surface area (Å²) < 4.78 is 36.5. The SMILES string of the molecule is O[N+]1=CC=C(C(F)(F)F)CC1=S. The average molecular weight is 196 g/mol. The van der Waals surface area contributed by atoms with Crippen LogP contribution in [0.4, 0.5) is 13.2 Å². The van der Waals surface area contributed by atoms with Gasteiger partial charge >= 0.3 is 11.2 Å². The Labute approximate surface area is 71.6 Å². The van der Waals surface area contributed by atoms with Gasteiger partial charge in [-0.1, -0.05) is 0 Å². The van der Waals surface area contributed by atoms with Gasteiger partial charge < -0.3 is 0 Å². The van der Waals surface area contributed by atoms with Gasteiger partial charge in [0.15, 0.2) is 0 Å². The van der Waals surface area contributed by atoms with Crippen molar-refractivity contribution in [3.63, 3.8) is 0 Å². The van der Waals surface area contributed by atoms with E-state index in [2.05, 4.69) is 12.2 Å². The van der Waals surface area contributed by atoms with E-state index in [0.717, 1.165) is 12.3 Å². The number of hydrogen-bond donors (Lipinski definition) is 1. The van der Waals surface area contributed by atoms with Crippen LogP contribution >= 0.6 is 12.2 Å². The summed E-state index contributed by atoms with van der Waals surface area (Å²) >= 11 is 4.48. The van der Waals surface area contributed by atoms with Crippen LogP contribution in [0.25, 0.3) is 0 Å². The van der Waals surface area contributed by atoms with Gasteiger partial charge in [0.1, 0.15) is 0 Å². The molecule has 1 rings (SSSR count). The molecule has 0 radical (unpaired) electrons. The van der Waals surface area contributed by atoms with Crippen molar-refractivity contribution in [2.75, 3.05) is 0 Å². The maximum atomic E-state index is 12.0. The third-order valence-electron chi connectivity index (χ3n) is 1.38. The molecule has 0 aromatic carbocycles. The molecule has 6 heteroatoms. The molecule has 0 spiro atoms. The second-order valence-electron chi connectivity index (χ2n) is 2.25. The smallest absolute Gasteiger partial charge is 0.284 e. The molecule has 0 aliphatic carbocycles. The minimum atomic E-state index is -4.36. The number of halogens is 3. The number of hydrogen-bond acceptors (Lipinski definition) is 2. The predicted octanol–water partition coefficient (Wildman–Crippen LogP) is 1.68. The van der Waals surface area contributed by atoms with Crippen molar-refractivity contribution in [1.29, 1.82) is 0 Å². The average Bonchev–Trinajstić information content (AvgIpc) is 1.92. The summed E-state index contributed by atoms with van der Waals surface area (Å²) in [6.07, 6.45) is -3.11. The first kappa shape index (κ1) is 9.18. The first-order chi connectivity index (χ1) is 5.41. The van der Waals surface area contributed by atoms with Crippen molar-refractivity contribution in [2.24, 2.45) is 0 Å². The lowest BCUT2D eigenvalue weighted by Gasteiger charge is -2.10. The van der Waals surface area contributed by atoms with Gasteiger partial charge in [-0.3, -0.25) is 5.21 Å². The summed E-state index contributed by atoms with van der Waals surface area (Å²) in [5.74, 6) is 0. The highest BCUT2D eigenvalue weighted by molar-refractivity contribution is 7.80. The molecule has 0 amide bonds. The second-order valence-corrected chi connectivity index (χ2v) is 2.73. The molecule has 0 unspecified atom stereocenters. The third kappa shape index (κ3) is 1.82. The Balaban J connectivity index is 2.92. The van der Waals surface area contributed by atoms with Gasteiger partial charge in [-0.2, -0.15) is 13.2 Å². The maximum absolute atomic E-state index is 12.0. The van der Waals surface area contributed by atoms with E-state index in [0.29, 0.717) is 4.74 Å². The number of allylic oxidation sites excluding steroid dienone is 1. The molecule has 0 atom stereocenters. The molecule has 1 N–H and O–H groups in total. The molecule has 0 bridgehead atoms. The molecule has 1 heterocycles. The first-order valence-electron chi connectivity index (χ1n) is 3.03. The van der Waals surface area contributed by atoms with Crippen molar-refractivity contribution in [1.82, 2.24) is 0 Å². The standard InChI is InChI=1S/C6H5F3NOS/c7-6(8,9)4-1-2-10(11)5(12)3-4/h1-2,11H,3H2/q+1. The fourth-order valence-corrected chi connectivity index (χ4v) is 0.958. The Bertz CT molecular complexity index is 279. The largest absolute Gasteiger partial charge is 0.413 e. The zero-order valence-corrected chi connectivity index (χ0v) is 6.61. The fraction of sp³-hybridized carbons (Fsp3) is 0.333. The second kappa shape index (κ2) is 2.85. The molecule has 0 saturated heterocycles. The van der Waals surface area contributed by atoms with Gasteiger partial charge in [-0.25, -0.2) is 0 Å². The predicted molar refractivity (Wildman–Crippen MR) is 39.5 cm³/mol. The van der Waals surface area contributed by atoms with Crippen LogP contribution in [0.3, 0.4) is 0 Å². The molecule has 0 aromatic heterocycles. The number of rotatable bonds is 0. The van der Waals surface area contributed by atoms with Crippen molar-refractivity contribution in [2.45, 2.75) is 12.6 Å².